The highest BCUT2D eigenvalue weighted by molar-refractivity contribution is 5.78. The van der Waals surface area contributed by atoms with Crippen LogP contribution in [0.3, 0.4) is 0 Å². The zero-order valence-electron chi connectivity index (χ0n) is 8.24. The summed E-state index contributed by atoms with van der Waals surface area (Å²) < 4.78 is 30.1. The van der Waals surface area contributed by atoms with Crippen LogP contribution >= 0.6 is 0 Å². The van der Waals surface area contributed by atoms with Gasteiger partial charge in [0.05, 0.1) is 0 Å². The molecule has 1 rings (SSSR count). The average Bonchev–Trinajstić information content (AvgIpc) is 2.11. The number of carboxylic acids is 1. The van der Waals surface area contributed by atoms with Crippen LogP contribution in [-0.4, -0.2) is 17.0 Å². The fourth-order valence-corrected chi connectivity index (χ4v) is 1.15. The Morgan fingerprint density at radius 1 is 1.25 bits per heavy atom. The van der Waals surface area contributed by atoms with Crippen molar-refractivity contribution in [2.75, 3.05) is 0 Å². The molecule has 4 nitrogen and oxygen atoms in total. The fraction of sp³-hybridized carbons (Fsp3) is 0.200. The molecule has 0 saturated heterocycles. The van der Waals surface area contributed by atoms with Gasteiger partial charge in [0.2, 0.25) is 6.10 Å². The predicted molar refractivity (Wildman–Crippen MR) is 48.5 cm³/mol. The van der Waals surface area contributed by atoms with Crippen molar-refractivity contribution in [3.63, 3.8) is 0 Å². The summed E-state index contributed by atoms with van der Waals surface area (Å²) in [4.78, 5) is 21.4. The second kappa shape index (κ2) is 4.69. The Labute approximate surface area is 89.5 Å². The number of hydrogen-bond acceptors (Lipinski definition) is 3. The molecule has 0 aromatic heterocycles. The summed E-state index contributed by atoms with van der Waals surface area (Å²) in [5, 5.41) is 8.74. The Kier molecular flexibility index (Phi) is 3.55. The molecule has 16 heavy (non-hydrogen) atoms. The zero-order chi connectivity index (χ0) is 12.3. The van der Waals surface area contributed by atoms with Crippen LogP contribution in [0.25, 0.3) is 0 Å². The van der Waals surface area contributed by atoms with E-state index in [9.17, 15) is 18.4 Å². The number of carboxylic acid groups (broad SMARTS) is 1. The molecule has 86 valence electrons. The van der Waals surface area contributed by atoms with Crippen molar-refractivity contribution < 1.29 is 28.2 Å². The predicted octanol–water partition coefficient (Wildman–Crippen LogP) is 1.65. The molecule has 0 radical (unpaired) electrons. The summed E-state index contributed by atoms with van der Waals surface area (Å²) in [6.45, 7) is 1.01. The first-order valence-electron chi connectivity index (χ1n) is 4.26. The smallest absolute Gasteiger partial charge is 0.349 e. The standard InChI is InChI=1S/C10H8F2O4/c1-5(13)16-9(10(14)15)6-2-7(11)4-8(12)3-6/h2-4,9H,1H3,(H,14,15)/t9-/m1/s1. The monoisotopic (exact) mass is 230 g/mol. The number of ether oxygens (including phenoxy) is 1. The van der Waals surface area contributed by atoms with E-state index in [-0.39, 0.29) is 5.56 Å². The first kappa shape index (κ1) is 12.1. The van der Waals surface area contributed by atoms with E-state index in [1.54, 1.807) is 0 Å². The summed E-state index contributed by atoms with van der Waals surface area (Å²) in [6.07, 6.45) is -1.71. The summed E-state index contributed by atoms with van der Waals surface area (Å²) in [5.74, 6) is -4.22. The second-order valence-electron chi connectivity index (χ2n) is 3.03. The maximum absolute atomic E-state index is 12.8. The summed E-state index contributed by atoms with van der Waals surface area (Å²) in [7, 11) is 0. The van der Waals surface area contributed by atoms with Crippen molar-refractivity contribution >= 4 is 11.9 Å². The Balaban J connectivity index is 3.10. The molecule has 0 heterocycles. The Morgan fingerprint density at radius 3 is 2.12 bits per heavy atom. The van der Waals surface area contributed by atoms with Crippen LogP contribution in [0.15, 0.2) is 18.2 Å². The number of esters is 1. The van der Waals surface area contributed by atoms with Gasteiger partial charge in [0.15, 0.2) is 0 Å². The average molecular weight is 230 g/mol. The van der Waals surface area contributed by atoms with Gasteiger partial charge in [-0.25, -0.2) is 13.6 Å². The summed E-state index contributed by atoms with van der Waals surface area (Å²) in [5.41, 5.74) is -0.264. The van der Waals surface area contributed by atoms with Gasteiger partial charge in [-0.15, -0.1) is 0 Å². The lowest BCUT2D eigenvalue weighted by atomic mass is 10.1. The van der Waals surface area contributed by atoms with Crippen molar-refractivity contribution in [2.24, 2.45) is 0 Å². The molecule has 0 aliphatic rings. The van der Waals surface area contributed by atoms with Crippen LogP contribution < -0.4 is 0 Å². The largest absolute Gasteiger partial charge is 0.478 e. The van der Waals surface area contributed by atoms with E-state index >= 15 is 0 Å². The van der Waals surface area contributed by atoms with Gasteiger partial charge in [0, 0.05) is 18.6 Å². The Morgan fingerprint density at radius 2 is 1.75 bits per heavy atom. The molecule has 6 heteroatoms. The van der Waals surface area contributed by atoms with Gasteiger partial charge in [-0.3, -0.25) is 4.79 Å². The summed E-state index contributed by atoms with van der Waals surface area (Å²) >= 11 is 0. The molecule has 0 aliphatic heterocycles. The highest BCUT2D eigenvalue weighted by atomic mass is 19.1. The van der Waals surface area contributed by atoms with Crippen LogP contribution in [0.2, 0.25) is 0 Å². The first-order valence-corrected chi connectivity index (χ1v) is 4.26. The molecule has 0 unspecified atom stereocenters. The van der Waals surface area contributed by atoms with E-state index in [4.69, 9.17) is 5.11 Å². The van der Waals surface area contributed by atoms with E-state index in [0.29, 0.717) is 6.07 Å². The molecule has 0 fully saturated rings. The molecule has 0 spiro atoms. The van der Waals surface area contributed by atoms with Crippen molar-refractivity contribution in [1.29, 1.82) is 0 Å². The normalized spacial score (nSPS) is 11.9. The SMILES string of the molecule is CC(=O)O[C@@H](C(=O)O)c1cc(F)cc(F)c1. The van der Waals surface area contributed by atoms with Gasteiger partial charge >= 0.3 is 11.9 Å². The minimum Gasteiger partial charge on any atom is -0.478 e. The highest BCUT2D eigenvalue weighted by Crippen LogP contribution is 2.20. The van der Waals surface area contributed by atoms with Gasteiger partial charge in [-0.05, 0) is 12.1 Å². The molecule has 0 saturated carbocycles. The number of hydrogen-bond donors (Lipinski definition) is 1. The van der Waals surface area contributed by atoms with Crippen LogP contribution in [0.1, 0.15) is 18.6 Å². The van der Waals surface area contributed by atoms with E-state index < -0.39 is 29.7 Å². The summed E-state index contributed by atoms with van der Waals surface area (Å²) in [6, 6.07) is 2.19. The van der Waals surface area contributed by atoms with Crippen molar-refractivity contribution in [2.45, 2.75) is 13.0 Å². The second-order valence-corrected chi connectivity index (χ2v) is 3.03. The van der Waals surface area contributed by atoms with Gasteiger partial charge in [-0.1, -0.05) is 0 Å². The topological polar surface area (TPSA) is 63.6 Å². The first-order chi connectivity index (χ1) is 7.40. The maximum Gasteiger partial charge on any atom is 0.349 e. The third kappa shape index (κ3) is 3.01. The molecular weight excluding hydrogens is 222 g/mol. The maximum atomic E-state index is 12.8. The number of aliphatic carboxylic acids is 1. The number of halogens is 2. The minimum absolute atomic E-state index is 0.264. The molecule has 0 amide bonds. The lowest BCUT2D eigenvalue weighted by molar-refractivity contribution is -0.163. The lowest BCUT2D eigenvalue weighted by Crippen LogP contribution is -2.18. The van der Waals surface area contributed by atoms with Crippen LogP contribution in [0.4, 0.5) is 8.78 Å². The van der Waals surface area contributed by atoms with E-state index in [0.717, 1.165) is 19.1 Å². The van der Waals surface area contributed by atoms with Crippen LogP contribution in [0, 0.1) is 11.6 Å². The van der Waals surface area contributed by atoms with E-state index in [1.165, 1.54) is 0 Å². The minimum atomic E-state index is -1.71. The van der Waals surface area contributed by atoms with Crippen molar-refractivity contribution in [3.8, 4) is 0 Å². The molecule has 0 aliphatic carbocycles. The molecule has 1 atom stereocenters. The highest BCUT2D eigenvalue weighted by Gasteiger charge is 2.24. The van der Waals surface area contributed by atoms with Crippen LogP contribution in [-0.2, 0) is 14.3 Å². The molecular formula is C10H8F2O4. The zero-order valence-corrected chi connectivity index (χ0v) is 8.24. The lowest BCUT2D eigenvalue weighted by Gasteiger charge is -2.12. The van der Waals surface area contributed by atoms with Crippen molar-refractivity contribution in [3.05, 3.63) is 35.4 Å². The number of carbonyl (C=O) groups is 2. The Hall–Kier alpha value is -1.98. The van der Waals surface area contributed by atoms with E-state index in [1.807, 2.05) is 0 Å². The van der Waals surface area contributed by atoms with Crippen LogP contribution in [0.5, 0.6) is 0 Å². The molecule has 1 aromatic carbocycles. The van der Waals surface area contributed by atoms with Gasteiger partial charge in [0.1, 0.15) is 11.6 Å². The number of rotatable bonds is 3. The molecule has 0 bridgehead atoms. The third-order valence-electron chi connectivity index (χ3n) is 1.70. The van der Waals surface area contributed by atoms with Gasteiger partial charge < -0.3 is 9.84 Å². The van der Waals surface area contributed by atoms with Gasteiger partial charge in [-0.2, -0.15) is 0 Å². The van der Waals surface area contributed by atoms with Crippen molar-refractivity contribution in [1.82, 2.24) is 0 Å². The number of benzene rings is 1. The molecule has 1 N–H and O–H groups in total. The fourth-order valence-electron chi connectivity index (χ4n) is 1.15. The molecule has 1 aromatic rings. The number of carbonyl (C=O) groups excluding carboxylic acids is 1. The van der Waals surface area contributed by atoms with Gasteiger partial charge in [0.25, 0.3) is 0 Å². The third-order valence-corrected chi connectivity index (χ3v) is 1.70. The Bertz CT molecular complexity index is 411. The quantitative estimate of drug-likeness (QED) is 0.802. The van der Waals surface area contributed by atoms with E-state index in [2.05, 4.69) is 4.74 Å².